The average molecular weight is 363 g/mol. The lowest BCUT2D eigenvalue weighted by atomic mass is 9.94. The van der Waals surface area contributed by atoms with Crippen LogP contribution in [0, 0.1) is 0 Å². The van der Waals surface area contributed by atoms with Crippen molar-refractivity contribution >= 4 is 11.6 Å². The molecule has 3 rings (SSSR count). The fourth-order valence-electron chi connectivity index (χ4n) is 3.22. The third kappa shape index (κ3) is 4.53. The predicted octanol–water partition coefficient (Wildman–Crippen LogP) is 3.51. The number of aliphatic hydroxyl groups excluding tert-OH is 2. The van der Waals surface area contributed by atoms with Crippen molar-refractivity contribution in [3.8, 4) is 5.75 Å². The van der Waals surface area contributed by atoms with Gasteiger partial charge in [0.25, 0.3) is 0 Å². The van der Waals surface area contributed by atoms with Gasteiger partial charge in [-0.15, -0.1) is 0 Å². The Hall–Kier alpha value is -1.59. The molecule has 1 aliphatic heterocycles. The maximum atomic E-state index is 10.0. The van der Waals surface area contributed by atoms with E-state index >= 15 is 0 Å². The van der Waals surface area contributed by atoms with Gasteiger partial charge in [-0.1, -0.05) is 35.9 Å². The maximum absolute atomic E-state index is 10.0. The van der Waals surface area contributed by atoms with Crippen LogP contribution in [-0.2, 0) is 11.2 Å². The molecule has 0 spiro atoms. The molecule has 1 aliphatic rings. The highest BCUT2D eigenvalue weighted by Crippen LogP contribution is 2.33. The second kappa shape index (κ2) is 8.19. The van der Waals surface area contributed by atoms with E-state index in [0.29, 0.717) is 24.3 Å². The van der Waals surface area contributed by atoms with Crippen LogP contribution in [0.25, 0.3) is 0 Å². The molecule has 3 atom stereocenters. The highest BCUT2D eigenvalue weighted by Gasteiger charge is 2.29. The highest BCUT2D eigenvalue weighted by atomic mass is 35.5. The number of rotatable bonds is 5. The molecule has 2 aromatic carbocycles. The lowest BCUT2D eigenvalue weighted by molar-refractivity contribution is -0.113. The standard InChI is InChI=1S/C20H23ClO4/c1-24-17-5-2-13(3-6-17)8-15-9-14(4-7-19(15)21)20-11-16(23)10-18(12-22)25-20/h2-7,9,16,18,20,22-23H,8,10-12H2,1H3/t16-,18-,20+/m0/s1. The largest absolute Gasteiger partial charge is 0.497 e. The number of benzene rings is 2. The molecule has 1 saturated heterocycles. The molecule has 0 saturated carbocycles. The summed E-state index contributed by atoms with van der Waals surface area (Å²) in [5.41, 5.74) is 3.12. The molecule has 1 fully saturated rings. The van der Waals surface area contributed by atoms with Gasteiger partial charge >= 0.3 is 0 Å². The minimum absolute atomic E-state index is 0.0835. The molecule has 0 aliphatic carbocycles. The normalized spacial score (nSPS) is 23.4. The molecular weight excluding hydrogens is 340 g/mol. The molecule has 25 heavy (non-hydrogen) atoms. The fourth-order valence-corrected chi connectivity index (χ4v) is 3.40. The van der Waals surface area contributed by atoms with E-state index < -0.39 is 6.10 Å². The number of hydrogen-bond donors (Lipinski definition) is 2. The second-order valence-electron chi connectivity index (χ2n) is 6.43. The molecular formula is C20H23ClO4. The number of ether oxygens (including phenoxy) is 2. The summed E-state index contributed by atoms with van der Waals surface area (Å²) < 4.78 is 11.1. The lowest BCUT2D eigenvalue weighted by Gasteiger charge is -2.32. The van der Waals surface area contributed by atoms with Gasteiger partial charge in [-0.25, -0.2) is 0 Å². The first-order valence-electron chi connectivity index (χ1n) is 8.44. The number of halogens is 1. The first-order valence-corrected chi connectivity index (χ1v) is 8.82. The van der Waals surface area contributed by atoms with Crippen molar-refractivity contribution in [2.45, 2.75) is 37.6 Å². The molecule has 5 heteroatoms. The summed E-state index contributed by atoms with van der Waals surface area (Å²) in [6.45, 7) is -0.0835. The van der Waals surface area contributed by atoms with E-state index in [1.807, 2.05) is 42.5 Å². The summed E-state index contributed by atoms with van der Waals surface area (Å²) >= 11 is 6.37. The monoisotopic (exact) mass is 362 g/mol. The van der Waals surface area contributed by atoms with Gasteiger partial charge in [-0.05, 0) is 41.3 Å². The molecule has 134 valence electrons. The molecule has 1 heterocycles. The quantitative estimate of drug-likeness (QED) is 0.854. The zero-order valence-corrected chi connectivity index (χ0v) is 14.9. The Balaban J connectivity index is 1.79. The lowest BCUT2D eigenvalue weighted by Crippen LogP contribution is -2.33. The van der Waals surface area contributed by atoms with Crippen LogP contribution in [-0.4, -0.2) is 36.1 Å². The zero-order valence-electron chi connectivity index (χ0n) is 14.2. The molecule has 0 aromatic heterocycles. The molecule has 0 bridgehead atoms. The minimum atomic E-state index is -0.461. The average Bonchev–Trinajstić information content (AvgIpc) is 2.63. The third-order valence-corrected chi connectivity index (χ3v) is 4.95. The third-order valence-electron chi connectivity index (χ3n) is 4.58. The van der Waals surface area contributed by atoms with E-state index in [-0.39, 0.29) is 18.8 Å². The molecule has 0 radical (unpaired) electrons. The Bertz CT molecular complexity index is 701. The van der Waals surface area contributed by atoms with Crippen LogP contribution in [0.4, 0.5) is 0 Å². The van der Waals surface area contributed by atoms with Gasteiger partial charge in [-0.3, -0.25) is 0 Å². The van der Waals surface area contributed by atoms with Gasteiger partial charge in [0.2, 0.25) is 0 Å². The molecule has 4 nitrogen and oxygen atoms in total. The maximum Gasteiger partial charge on any atom is 0.118 e. The first kappa shape index (κ1) is 18.2. The Kier molecular flexibility index (Phi) is 5.97. The zero-order chi connectivity index (χ0) is 17.8. The summed E-state index contributed by atoms with van der Waals surface area (Å²) in [5, 5.41) is 20.1. The van der Waals surface area contributed by atoms with Crippen molar-refractivity contribution in [1.82, 2.24) is 0 Å². The Labute approximate surface area is 153 Å². The minimum Gasteiger partial charge on any atom is -0.497 e. The van der Waals surface area contributed by atoms with Gasteiger partial charge in [-0.2, -0.15) is 0 Å². The van der Waals surface area contributed by atoms with Crippen LogP contribution < -0.4 is 4.74 Å². The molecule has 0 amide bonds. The highest BCUT2D eigenvalue weighted by molar-refractivity contribution is 6.31. The first-order chi connectivity index (χ1) is 12.1. The molecule has 2 N–H and O–H groups in total. The Morgan fingerprint density at radius 3 is 2.60 bits per heavy atom. The number of hydrogen-bond acceptors (Lipinski definition) is 4. The van der Waals surface area contributed by atoms with Crippen molar-refractivity contribution in [3.05, 3.63) is 64.2 Å². The van der Waals surface area contributed by atoms with Gasteiger partial charge in [0.1, 0.15) is 5.75 Å². The van der Waals surface area contributed by atoms with Crippen molar-refractivity contribution in [2.75, 3.05) is 13.7 Å². The smallest absolute Gasteiger partial charge is 0.118 e. The topological polar surface area (TPSA) is 58.9 Å². The van der Waals surface area contributed by atoms with Crippen molar-refractivity contribution in [2.24, 2.45) is 0 Å². The molecule has 2 aromatic rings. The summed E-state index contributed by atoms with van der Waals surface area (Å²) in [5.74, 6) is 0.822. The summed E-state index contributed by atoms with van der Waals surface area (Å²) in [4.78, 5) is 0. The van der Waals surface area contributed by atoms with Crippen LogP contribution in [0.3, 0.4) is 0 Å². The van der Waals surface area contributed by atoms with Gasteiger partial charge in [0.15, 0.2) is 0 Å². The van der Waals surface area contributed by atoms with Crippen LogP contribution in [0.5, 0.6) is 5.75 Å². The van der Waals surface area contributed by atoms with E-state index in [1.165, 1.54) is 0 Å². The second-order valence-corrected chi connectivity index (χ2v) is 6.84. The van der Waals surface area contributed by atoms with Gasteiger partial charge < -0.3 is 19.7 Å². The number of aliphatic hydroxyl groups is 2. The molecule has 0 unspecified atom stereocenters. The van der Waals surface area contributed by atoms with Crippen molar-refractivity contribution in [3.63, 3.8) is 0 Å². The van der Waals surface area contributed by atoms with E-state index in [2.05, 4.69) is 0 Å². The van der Waals surface area contributed by atoms with Crippen molar-refractivity contribution in [1.29, 1.82) is 0 Å². The SMILES string of the molecule is COc1ccc(Cc2cc([C@H]3C[C@@H](O)C[C@@H](CO)O3)ccc2Cl)cc1. The van der Waals surface area contributed by atoms with Crippen LogP contribution in [0.2, 0.25) is 5.02 Å². The Morgan fingerprint density at radius 1 is 1.16 bits per heavy atom. The predicted molar refractivity (Wildman–Crippen MR) is 97.2 cm³/mol. The van der Waals surface area contributed by atoms with Crippen LogP contribution >= 0.6 is 11.6 Å². The van der Waals surface area contributed by atoms with Crippen molar-refractivity contribution < 1.29 is 19.7 Å². The summed E-state index contributed by atoms with van der Waals surface area (Å²) in [6, 6.07) is 13.7. The van der Waals surface area contributed by atoms with E-state index in [1.54, 1.807) is 7.11 Å². The van der Waals surface area contributed by atoms with Gasteiger partial charge in [0, 0.05) is 17.9 Å². The van der Waals surface area contributed by atoms with Gasteiger partial charge in [0.05, 0.1) is 32.0 Å². The van der Waals surface area contributed by atoms with E-state index in [9.17, 15) is 10.2 Å². The summed E-state index contributed by atoms with van der Waals surface area (Å²) in [7, 11) is 1.65. The number of methoxy groups -OCH3 is 1. The van der Waals surface area contributed by atoms with E-state index in [4.69, 9.17) is 21.1 Å². The fraction of sp³-hybridized carbons (Fsp3) is 0.400. The van der Waals surface area contributed by atoms with Crippen LogP contribution in [0.1, 0.15) is 35.6 Å². The van der Waals surface area contributed by atoms with E-state index in [0.717, 1.165) is 22.4 Å². The summed E-state index contributed by atoms with van der Waals surface area (Å²) in [6.07, 6.45) is 0.688. The van der Waals surface area contributed by atoms with Crippen LogP contribution in [0.15, 0.2) is 42.5 Å². The Morgan fingerprint density at radius 2 is 1.92 bits per heavy atom.